The molecule has 8 heteroatoms. The van der Waals surface area contributed by atoms with E-state index in [4.69, 9.17) is 4.74 Å². The van der Waals surface area contributed by atoms with E-state index < -0.39 is 16.1 Å². The number of para-hydroxylation sites is 1. The molecule has 0 fully saturated rings. The molecule has 1 atom stereocenters. The molecule has 35 heavy (non-hydrogen) atoms. The number of hydrogen-bond donors (Lipinski definition) is 2. The summed E-state index contributed by atoms with van der Waals surface area (Å²) in [5.41, 5.74) is 2.67. The molecular formula is C27H31N3O4S. The molecule has 7 nitrogen and oxygen atoms in total. The fourth-order valence-corrected chi connectivity index (χ4v) is 5.12. The molecule has 4 aromatic rings. The van der Waals surface area contributed by atoms with Crippen molar-refractivity contribution in [2.24, 2.45) is 5.92 Å². The minimum Gasteiger partial charge on any atom is -0.481 e. The smallest absolute Gasteiger partial charge is 0.261 e. The van der Waals surface area contributed by atoms with Crippen molar-refractivity contribution in [3.8, 4) is 5.75 Å². The van der Waals surface area contributed by atoms with Crippen LogP contribution in [0.5, 0.6) is 5.75 Å². The van der Waals surface area contributed by atoms with E-state index in [1.807, 2.05) is 44.2 Å². The van der Waals surface area contributed by atoms with Gasteiger partial charge in [-0.25, -0.2) is 8.42 Å². The maximum absolute atomic E-state index is 13.0. The number of nitrogens with one attached hydrogen (secondary N) is 2. The molecule has 0 spiro atoms. The quantitative estimate of drug-likeness (QED) is 0.337. The van der Waals surface area contributed by atoms with Gasteiger partial charge in [-0.1, -0.05) is 32.0 Å². The van der Waals surface area contributed by atoms with E-state index in [0.717, 1.165) is 28.4 Å². The Morgan fingerprint density at radius 2 is 1.63 bits per heavy atom. The van der Waals surface area contributed by atoms with Gasteiger partial charge in [0, 0.05) is 40.6 Å². The van der Waals surface area contributed by atoms with Crippen LogP contribution in [0.2, 0.25) is 0 Å². The average Bonchev–Trinajstić information content (AvgIpc) is 3.15. The van der Waals surface area contributed by atoms with Crippen LogP contribution in [0.4, 0.5) is 5.69 Å². The van der Waals surface area contributed by atoms with Gasteiger partial charge in [-0.05, 0) is 68.3 Å². The van der Waals surface area contributed by atoms with Crippen molar-refractivity contribution in [2.45, 2.75) is 45.2 Å². The standard InChI is InChI=1S/C27H31N3O4S/c1-5-30-25-9-7-6-8-23(25)24-16-20(10-15-26(24)30)29-35(32,33)22-13-11-21(12-14-22)34-19(4)27(31)28-17-18(2)3/h6-16,18-19,29H,5,17H2,1-4H3,(H,28,31)/t19-/m0/s1. The fraction of sp³-hybridized carbons (Fsp3) is 0.296. The molecule has 0 radical (unpaired) electrons. The zero-order chi connectivity index (χ0) is 25.2. The lowest BCUT2D eigenvalue weighted by Crippen LogP contribution is -2.38. The number of carbonyl (C=O) groups is 1. The SMILES string of the molecule is CCn1c2ccccc2c2cc(NS(=O)(=O)c3ccc(O[C@@H](C)C(=O)NCC(C)C)cc3)ccc21. The molecule has 2 N–H and O–H groups in total. The van der Waals surface area contributed by atoms with Gasteiger partial charge in [0.15, 0.2) is 6.10 Å². The van der Waals surface area contributed by atoms with E-state index in [9.17, 15) is 13.2 Å². The van der Waals surface area contributed by atoms with Crippen LogP contribution in [0.25, 0.3) is 21.8 Å². The number of aryl methyl sites for hydroxylation is 1. The first-order valence-corrected chi connectivity index (χ1v) is 13.3. The van der Waals surface area contributed by atoms with Gasteiger partial charge in [0.05, 0.1) is 4.90 Å². The maximum Gasteiger partial charge on any atom is 0.261 e. The maximum atomic E-state index is 13.0. The Labute approximate surface area is 206 Å². The number of fused-ring (bicyclic) bond motifs is 3. The van der Waals surface area contributed by atoms with Gasteiger partial charge in [0.25, 0.3) is 15.9 Å². The second kappa shape index (κ2) is 10.00. The Balaban J connectivity index is 1.51. The molecule has 1 aromatic heterocycles. The number of anilines is 1. The molecule has 0 aliphatic rings. The number of rotatable bonds is 9. The van der Waals surface area contributed by atoms with Crippen LogP contribution in [-0.4, -0.2) is 31.5 Å². The minimum atomic E-state index is -3.81. The molecule has 0 bridgehead atoms. The molecule has 0 aliphatic carbocycles. The summed E-state index contributed by atoms with van der Waals surface area (Å²) in [6.07, 6.45) is -0.689. The van der Waals surface area contributed by atoms with Crippen LogP contribution < -0.4 is 14.8 Å². The Morgan fingerprint density at radius 3 is 2.31 bits per heavy atom. The molecule has 0 saturated carbocycles. The summed E-state index contributed by atoms with van der Waals surface area (Å²) in [7, 11) is -3.81. The normalized spacial score (nSPS) is 12.7. The van der Waals surface area contributed by atoms with E-state index in [1.54, 1.807) is 25.1 Å². The van der Waals surface area contributed by atoms with Crippen molar-refractivity contribution in [1.29, 1.82) is 0 Å². The molecule has 3 aromatic carbocycles. The van der Waals surface area contributed by atoms with Gasteiger partial charge in [0.1, 0.15) is 5.75 Å². The zero-order valence-corrected chi connectivity index (χ0v) is 21.2. The number of amides is 1. The van der Waals surface area contributed by atoms with Crippen LogP contribution in [0.1, 0.15) is 27.7 Å². The fourth-order valence-electron chi connectivity index (χ4n) is 4.08. The molecular weight excluding hydrogens is 462 g/mol. The summed E-state index contributed by atoms with van der Waals surface area (Å²) >= 11 is 0. The van der Waals surface area contributed by atoms with Gasteiger partial charge >= 0.3 is 0 Å². The average molecular weight is 494 g/mol. The number of benzene rings is 3. The van der Waals surface area contributed by atoms with Crippen molar-refractivity contribution >= 4 is 43.4 Å². The molecule has 1 heterocycles. The van der Waals surface area contributed by atoms with Crippen LogP contribution in [0.3, 0.4) is 0 Å². The van der Waals surface area contributed by atoms with Crippen LogP contribution in [0.15, 0.2) is 71.6 Å². The highest BCUT2D eigenvalue weighted by molar-refractivity contribution is 7.92. The number of sulfonamides is 1. The lowest BCUT2D eigenvalue weighted by molar-refractivity contribution is -0.127. The lowest BCUT2D eigenvalue weighted by atomic mass is 10.1. The lowest BCUT2D eigenvalue weighted by Gasteiger charge is -2.16. The predicted molar refractivity (Wildman–Crippen MR) is 140 cm³/mol. The van der Waals surface area contributed by atoms with Crippen molar-refractivity contribution in [3.63, 3.8) is 0 Å². The van der Waals surface area contributed by atoms with E-state index in [0.29, 0.717) is 23.9 Å². The summed E-state index contributed by atoms with van der Waals surface area (Å²) in [4.78, 5) is 12.2. The van der Waals surface area contributed by atoms with Crippen LogP contribution in [-0.2, 0) is 21.4 Å². The van der Waals surface area contributed by atoms with E-state index >= 15 is 0 Å². The number of nitrogens with zero attached hydrogens (tertiary/aromatic N) is 1. The highest BCUT2D eigenvalue weighted by atomic mass is 32.2. The number of ether oxygens (including phenoxy) is 1. The molecule has 0 unspecified atom stereocenters. The van der Waals surface area contributed by atoms with Crippen molar-refractivity contribution in [2.75, 3.05) is 11.3 Å². The summed E-state index contributed by atoms with van der Waals surface area (Å²) in [6, 6.07) is 19.7. The first-order chi connectivity index (χ1) is 16.7. The van der Waals surface area contributed by atoms with Crippen molar-refractivity contribution in [1.82, 2.24) is 9.88 Å². The first-order valence-electron chi connectivity index (χ1n) is 11.8. The van der Waals surface area contributed by atoms with E-state index in [-0.39, 0.29) is 10.8 Å². The highest BCUT2D eigenvalue weighted by Gasteiger charge is 2.18. The highest BCUT2D eigenvalue weighted by Crippen LogP contribution is 2.31. The van der Waals surface area contributed by atoms with Gasteiger partial charge in [0.2, 0.25) is 0 Å². The number of hydrogen-bond acceptors (Lipinski definition) is 4. The van der Waals surface area contributed by atoms with Gasteiger partial charge in [-0.2, -0.15) is 0 Å². The summed E-state index contributed by atoms with van der Waals surface area (Å²) in [5, 5.41) is 4.90. The van der Waals surface area contributed by atoms with Crippen molar-refractivity contribution in [3.05, 3.63) is 66.7 Å². The van der Waals surface area contributed by atoms with Crippen LogP contribution in [0, 0.1) is 5.92 Å². The predicted octanol–water partition coefficient (Wildman–Crippen LogP) is 5.15. The molecule has 1 amide bonds. The number of carbonyl (C=O) groups excluding carboxylic acids is 1. The second-order valence-corrected chi connectivity index (χ2v) is 10.7. The zero-order valence-electron chi connectivity index (χ0n) is 20.4. The molecule has 0 aliphatic heterocycles. The summed E-state index contributed by atoms with van der Waals surface area (Å²) < 4.78 is 36.6. The topological polar surface area (TPSA) is 89.4 Å². The Kier molecular flexibility index (Phi) is 7.03. The van der Waals surface area contributed by atoms with Crippen molar-refractivity contribution < 1.29 is 17.9 Å². The molecule has 4 rings (SSSR count). The third-order valence-corrected chi connectivity index (χ3v) is 7.24. The summed E-state index contributed by atoms with van der Waals surface area (Å²) in [6.45, 7) is 9.17. The third kappa shape index (κ3) is 5.27. The van der Waals surface area contributed by atoms with E-state index in [2.05, 4.69) is 27.6 Å². The Hall–Kier alpha value is -3.52. The van der Waals surface area contributed by atoms with Gasteiger partial charge in [-0.15, -0.1) is 0 Å². The second-order valence-electron chi connectivity index (χ2n) is 8.97. The Bertz CT molecular complexity index is 1460. The van der Waals surface area contributed by atoms with Crippen LogP contribution >= 0.6 is 0 Å². The first kappa shape index (κ1) is 24.6. The minimum absolute atomic E-state index is 0.109. The summed E-state index contributed by atoms with van der Waals surface area (Å²) in [5.74, 6) is 0.552. The monoisotopic (exact) mass is 493 g/mol. The van der Waals surface area contributed by atoms with Gasteiger partial charge < -0.3 is 14.6 Å². The number of aromatic nitrogens is 1. The van der Waals surface area contributed by atoms with Gasteiger partial charge in [-0.3, -0.25) is 9.52 Å². The molecule has 0 saturated heterocycles. The largest absolute Gasteiger partial charge is 0.481 e. The third-order valence-electron chi connectivity index (χ3n) is 5.84. The van der Waals surface area contributed by atoms with E-state index in [1.165, 1.54) is 12.1 Å². The molecule has 184 valence electrons. The Morgan fingerprint density at radius 1 is 0.943 bits per heavy atom.